The summed E-state index contributed by atoms with van der Waals surface area (Å²) in [6, 6.07) is 0. The SMILES string of the molecule is CC(=O)OC[C@H]1O[C@H](OC[C@H]2O[C@@H](OC(C)=O)[C@H](OC(C)=O)[C@@H](OC(C)=O)[C@@H]2OC(C)=O)[C@H](OC(C)=O)[C@@H](OC(C)=O)[C@H]1OC(C)=O. The van der Waals surface area contributed by atoms with E-state index in [9.17, 15) is 38.4 Å². The summed E-state index contributed by atoms with van der Waals surface area (Å²) in [4.78, 5) is 95.9. The van der Waals surface area contributed by atoms with Crippen LogP contribution in [0.1, 0.15) is 55.4 Å². The van der Waals surface area contributed by atoms with Crippen LogP contribution >= 0.6 is 0 Å². The van der Waals surface area contributed by atoms with Crippen molar-refractivity contribution in [2.75, 3.05) is 13.2 Å². The van der Waals surface area contributed by atoms with E-state index < -0.39 is 122 Å². The third kappa shape index (κ3) is 12.1. The normalized spacial score (nSPS) is 30.0. The summed E-state index contributed by atoms with van der Waals surface area (Å²) < 4.78 is 59.8. The highest BCUT2D eigenvalue weighted by atomic mass is 16.8. The molecule has 0 aromatic carbocycles. The third-order valence-electron chi connectivity index (χ3n) is 6.15. The van der Waals surface area contributed by atoms with Gasteiger partial charge in [0.2, 0.25) is 12.4 Å². The number of hydrogen-bond acceptors (Lipinski definition) is 19. The number of carbonyl (C=O) groups is 8. The molecule has 0 radical (unpaired) electrons. The van der Waals surface area contributed by atoms with Crippen LogP contribution in [0.25, 0.3) is 0 Å². The van der Waals surface area contributed by atoms with Crippen molar-refractivity contribution in [2.24, 2.45) is 0 Å². The molecule has 0 aromatic rings. The maximum Gasteiger partial charge on any atom is 0.305 e. The summed E-state index contributed by atoms with van der Waals surface area (Å²) in [5, 5.41) is 0. The Hall–Kier alpha value is -4.36. The quantitative estimate of drug-likeness (QED) is 0.181. The van der Waals surface area contributed by atoms with Gasteiger partial charge in [0.1, 0.15) is 18.8 Å². The first-order chi connectivity index (χ1) is 21.9. The summed E-state index contributed by atoms with van der Waals surface area (Å²) in [5.41, 5.74) is 0. The van der Waals surface area contributed by atoms with Gasteiger partial charge in [-0.1, -0.05) is 0 Å². The van der Waals surface area contributed by atoms with Crippen molar-refractivity contribution in [1.29, 1.82) is 0 Å². The van der Waals surface area contributed by atoms with E-state index in [1.165, 1.54) is 0 Å². The van der Waals surface area contributed by atoms with E-state index >= 15 is 0 Å². The molecule has 0 aliphatic carbocycles. The Bertz CT molecular complexity index is 1200. The van der Waals surface area contributed by atoms with Gasteiger partial charge in [0.25, 0.3) is 0 Å². The Kier molecular flexibility index (Phi) is 14.5. The van der Waals surface area contributed by atoms with Crippen molar-refractivity contribution in [3.8, 4) is 0 Å². The second kappa shape index (κ2) is 17.5. The standard InChI is InChI=1S/C28H38O19/c1-11(29)37-9-19-21(39-12(2)30)23(41-14(4)32)25(43-16(6)34)27(46-19)38-10-20-22(40-13(3)31)24(42-15(5)33)26(44-17(7)35)28(47-20)45-18(8)36/h19-28H,9-10H2,1-8H3/t19-,20-,21+,22-,23+,24+,25-,26-,27+,28-/m1/s1. The Morgan fingerprint density at radius 3 is 1.09 bits per heavy atom. The van der Waals surface area contributed by atoms with Gasteiger partial charge in [-0.25, -0.2) is 0 Å². The zero-order valence-corrected chi connectivity index (χ0v) is 26.9. The van der Waals surface area contributed by atoms with Crippen LogP contribution in [0.5, 0.6) is 0 Å². The molecule has 2 aliphatic heterocycles. The lowest BCUT2D eigenvalue weighted by atomic mass is 9.97. The molecule has 2 heterocycles. The van der Waals surface area contributed by atoms with E-state index in [1.54, 1.807) is 0 Å². The van der Waals surface area contributed by atoms with E-state index in [0.29, 0.717) is 0 Å². The van der Waals surface area contributed by atoms with Crippen molar-refractivity contribution >= 4 is 47.8 Å². The van der Waals surface area contributed by atoms with E-state index in [2.05, 4.69) is 0 Å². The first kappa shape index (κ1) is 38.8. The Morgan fingerprint density at radius 1 is 0.383 bits per heavy atom. The monoisotopic (exact) mass is 678 g/mol. The lowest BCUT2D eigenvalue weighted by Crippen LogP contribution is -2.65. The Labute approximate surface area is 268 Å². The fraction of sp³-hybridized carbons (Fsp3) is 0.714. The maximum absolute atomic E-state index is 12.1. The van der Waals surface area contributed by atoms with E-state index in [0.717, 1.165) is 55.4 Å². The number of rotatable bonds is 12. The molecule has 2 saturated heterocycles. The summed E-state index contributed by atoms with van der Waals surface area (Å²) in [6.45, 7) is 7.09. The number of ether oxygens (including phenoxy) is 11. The first-order valence-electron chi connectivity index (χ1n) is 14.2. The molecular formula is C28H38O19. The molecule has 0 bridgehead atoms. The van der Waals surface area contributed by atoms with Gasteiger partial charge in [-0.2, -0.15) is 0 Å². The second-order valence-electron chi connectivity index (χ2n) is 10.3. The highest BCUT2D eigenvalue weighted by molar-refractivity contribution is 5.70. The average Bonchev–Trinajstić information content (AvgIpc) is 2.91. The molecule has 0 N–H and O–H groups in total. The highest BCUT2D eigenvalue weighted by Gasteiger charge is 2.56. The first-order valence-corrected chi connectivity index (χ1v) is 14.2. The predicted molar refractivity (Wildman–Crippen MR) is 145 cm³/mol. The van der Waals surface area contributed by atoms with Gasteiger partial charge in [0.05, 0.1) is 6.61 Å². The van der Waals surface area contributed by atoms with Crippen molar-refractivity contribution in [3.63, 3.8) is 0 Å². The molecule has 19 heteroatoms. The summed E-state index contributed by atoms with van der Waals surface area (Å²) >= 11 is 0. The number of hydrogen-bond donors (Lipinski definition) is 0. The highest BCUT2D eigenvalue weighted by Crippen LogP contribution is 2.33. The molecule has 0 aromatic heterocycles. The van der Waals surface area contributed by atoms with Crippen LogP contribution in [-0.2, 0) is 90.5 Å². The molecule has 264 valence electrons. The van der Waals surface area contributed by atoms with Crippen LogP contribution in [0.15, 0.2) is 0 Å². The van der Waals surface area contributed by atoms with Gasteiger partial charge in [-0.3, -0.25) is 38.4 Å². The zero-order chi connectivity index (χ0) is 35.6. The summed E-state index contributed by atoms with van der Waals surface area (Å²) in [7, 11) is 0. The molecule has 2 aliphatic rings. The molecule has 47 heavy (non-hydrogen) atoms. The minimum atomic E-state index is -1.71. The van der Waals surface area contributed by atoms with Gasteiger partial charge < -0.3 is 52.1 Å². The molecular weight excluding hydrogens is 640 g/mol. The average molecular weight is 679 g/mol. The minimum Gasteiger partial charge on any atom is -0.463 e. The predicted octanol–water partition coefficient (Wildman–Crippen LogP) is -0.831. The van der Waals surface area contributed by atoms with Gasteiger partial charge in [0, 0.05) is 55.4 Å². The Balaban J connectivity index is 2.56. The van der Waals surface area contributed by atoms with E-state index in [4.69, 9.17) is 52.1 Å². The van der Waals surface area contributed by atoms with Crippen LogP contribution < -0.4 is 0 Å². The molecule has 0 unspecified atom stereocenters. The largest absolute Gasteiger partial charge is 0.463 e. The second-order valence-corrected chi connectivity index (χ2v) is 10.3. The van der Waals surface area contributed by atoms with E-state index in [1.807, 2.05) is 0 Å². The van der Waals surface area contributed by atoms with Gasteiger partial charge in [0.15, 0.2) is 36.8 Å². The summed E-state index contributed by atoms with van der Waals surface area (Å²) in [5.74, 6) is -6.93. The minimum absolute atomic E-state index is 0.541. The van der Waals surface area contributed by atoms with Crippen LogP contribution in [-0.4, -0.2) is 122 Å². The van der Waals surface area contributed by atoms with Crippen LogP contribution in [0.2, 0.25) is 0 Å². The van der Waals surface area contributed by atoms with Crippen LogP contribution in [0.3, 0.4) is 0 Å². The fourth-order valence-electron chi connectivity index (χ4n) is 4.76. The smallest absolute Gasteiger partial charge is 0.305 e. The topological polar surface area (TPSA) is 238 Å². The van der Waals surface area contributed by atoms with Crippen molar-refractivity contribution in [3.05, 3.63) is 0 Å². The van der Waals surface area contributed by atoms with Crippen molar-refractivity contribution in [1.82, 2.24) is 0 Å². The Morgan fingerprint density at radius 2 is 0.702 bits per heavy atom. The van der Waals surface area contributed by atoms with E-state index in [-0.39, 0.29) is 0 Å². The van der Waals surface area contributed by atoms with Crippen molar-refractivity contribution in [2.45, 2.75) is 117 Å². The van der Waals surface area contributed by atoms with Gasteiger partial charge >= 0.3 is 47.8 Å². The molecule has 0 spiro atoms. The lowest BCUT2D eigenvalue weighted by Gasteiger charge is -2.46. The molecule has 2 fully saturated rings. The molecule has 0 amide bonds. The molecule has 0 saturated carbocycles. The van der Waals surface area contributed by atoms with Crippen LogP contribution in [0.4, 0.5) is 0 Å². The zero-order valence-electron chi connectivity index (χ0n) is 26.9. The fourth-order valence-corrected chi connectivity index (χ4v) is 4.76. The lowest BCUT2D eigenvalue weighted by molar-refractivity contribution is -0.331. The maximum atomic E-state index is 12.1. The molecule has 10 atom stereocenters. The molecule has 19 nitrogen and oxygen atoms in total. The van der Waals surface area contributed by atoms with Gasteiger partial charge in [-0.05, 0) is 0 Å². The number of esters is 8. The van der Waals surface area contributed by atoms with Crippen LogP contribution in [0, 0.1) is 0 Å². The molecule has 2 rings (SSSR count). The van der Waals surface area contributed by atoms with Crippen molar-refractivity contribution < 1.29 is 90.5 Å². The third-order valence-corrected chi connectivity index (χ3v) is 6.15. The van der Waals surface area contributed by atoms with Gasteiger partial charge in [-0.15, -0.1) is 0 Å². The number of carbonyl (C=O) groups excluding carboxylic acids is 8. The summed E-state index contributed by atoms with van der Waals surface area (Å²) in [6.07, 6.45) is -15.6.